The largest absolute Gasteiger partial charge is 0.283 e. The zero-order valence-corrected chi connectivity index (χ0v) is 15.3. The van der Waals surface area contributed by atoms with Crippen molar-refractivity contribution in [1.29, 1.82) is 0 Å². The predicted octanol–water partition coefficient (Wildman–Crippen LogP) is 5.33. The molecule has 2 aromatic carbocycles. The number of nitrogens with one attached hydrogen (secondary N) is 1. The summed E-state index contributed by atoms with van der Waals surface area (Å²) in [6.45, 7) is 5.90. The van der Waals surface area contributed by atoms with Crippen LogP contribution in [-0.4, -0.2) is 11.6 Å². The lowest BCUT2D eigenvalue weighted by atomic mass is 10.1. The molecule has 0 atom stereocenters. The molecule has 0 aliphatic carbocycles. The number of hydrogen-bond donors (Lipinski definition) is 1. The second-order valence-corrected chi connectivity index (χ2v) is 7.18. The molecule has 3 nitrogen and oxygen atoms in total. The Labute approximate surface area is 150 Å². The van der Waals surface area contributed by atoms with E-state index < -0.39 is 0 Å². The van der Waals surface area contributed by atoms with Crippen LogP contribution in [0.1, 0.15) is 33.3 Å². The molecule has 5 heteroatoms. The minimum Gasteiger partial charge on any atom is -0.266 e. The van der Waals surface area contributed by atoms with E-state index in [-0.39, 0.29) is 5.91 Å². The van der Waals surface area contributed by atoms with Crippen LogP contribution in [0.25, 0.3) is 10.1 Å². The Kier molecular flexibility index (Phi) is 4.69. The van der Waals surface area contributed by atoms with Crippen LogP contribution >= 0.6 is 22.9 Å². The van der Waals surface area contributed by atoms with Crippen LogP contribution in [0, 0.1) is 13.8 Å². The Morgan fingerprint density at radius 1 is 1.12 bits per heavy atom. The normalized spacial score (nSPS) is 11.8. The van der Waals surface area contributed by atoms with Crippen molar-refractivity contribution in [2.75, 3.05) is 0 Å². The summed E-state index contributed by atoms with van der Waals surface area (Å²) in [7, 11) is 0. The van der Waals surface area contributed by atoms with Crippen LogP contribution in [0.2, 0.25) is 5.02 Å². The standard InChI is InChI=1S/C19H17ClN2OS/c1-11-5-4-6-14(9-11)13(3)21-22-19(23)18-17(20)15-8-7-12(2)10-16(15)24-18/h4-10H,1-3H3,(H,22,23). The van der Waals surface area contributed by atoms with Gasteiger partial charge in [-0.15, -0.1) is 11.3 Å². The van der Waals surface area contributed by atoms with Gasteiger partial charge in [0.15, 0.2) is 0 Å². The fourth-order valence-corrected chi connectivity index (χ4v) is 3.94. The van der Waals surface area contributed by atoms with Crippen molar-refractivity contribution in [1.82, 2.24) is 5.43 Å². The molecular weight excluding hydrogens is 340 g/mol. The Morgan fingerprint density at radius 2 is 1.88 bits per heavy atom. The van der Waals surface area contributed by atoms with Gasteiger partial charge in [-0.05, 0) is 38.0 Å². The second kappa shape index (κ2) is 6.75. The number of hydrogen-bond acceptors (Lipinski definition) is 3. The van der Waals surface area contributed by atoms with E-state index in [0.717, 1.165) is 32.5 Å². The Morgan fingerprint density at radius 3 is 2.62 bits per heavy atom. The number of hydrazone groups is 1. The zero-order valence-electron chi connectivity index (χ0n) is 13.7. The monoisotopic (exact) mass is 356 g/mol. The van der Waals surface area contributed by atoms with E-state index in [4.69, 9.17) is 11.6 Å². The molecule has 122 valence electrons. The summed E-state index contributed by atoms with van der Waals surface area (Å²) in [5, 5.41) is 5.59. The van der Waals surface area contributed by atoms with E-state index in [0.29, 0.717) is 9.90 Å². The lowest BCUT2D eigenvalue weighted by molar-refractivity contribution is 0.0959. The first-order chi connectivity index (χ1) is 11.5. The predicted molar refractivity (Wildman–Crippen MR) is 102 cm³/mol. The van der Waals surface area contributed by atoms with Crippen molar-refractivity contribution in [3.63, 3.8) is 0 Å². The zero-order chi connectivity index (χ0) is 17.3. The maximum Gasteiger partial charge on any atom is 0.283 e. The van der Waals surface area contributed by atoms with Gasteiger partial charge in [0.05, 0.1) is 10.7 Å². The Balaban J connectivity index is 1.85. The van der Waals surface area contributed by atoms with Gasteiger partial charge in [-0.2, -0.15) is 5.10 Å². The molecule has 0 aliphatic rings. The molecule has 1 N–H and O–H groups in total. The van der Waals surface area contributed by atoms with Gasteiger partial charge in [-0.1, -0.05) is 53.6 Å². The molecule has 0 spiro atoms. The summed E-state index contributed by atoms with van der Waals surface area (Å²) in [4.78, 5) is 12.9. The average Bonchev–Trinajstić information content (AvgIpc) is 2.88. The van der Waals surface area contributed by atoms with Gasteiger partial charge in [-0.25, -0.2) is 5.43 Å². The molecule has 0 bridgehead atoms. The fourth-order valence-electron chi connectivity index (χ4n) is 2.44. The van der Waals surface area contributed by atoms with Crippen LogP contribution in [0.5, 0.6) is 0 Å². The van der Waals surface area contributed by atoms with Gasteiger partial charge in [0.1, 0.15) is 4.88 Å². The summed E-state index contributed by atoms with van der Waals surface area (Å²) < 4.78 is 1.00. The summed E-state index contributed by atoms with van der Waals surface area (Å²) >= 11 is 7.74. The number of fused-ring (bicyclic) bond motifs is 1. The number of carbonyl (C=O) groups excluding carboxylic acids is 1. The first-order valence-corrected chi connectivity index (χ1v) is 8.75. The first kappa shape index (κ1) is 16.7. The van der Waals surface area contributed by atoms with Crippen molar-refractivity contribution in [3.8, 4) is 0 Å². The van der Waals surface area contributed by atoms with Crippen molar-refractivity contribution in [2.24, 2.45) is 5.10 Å². The van der Waals surface area contributed by atoms with Gasteiger partial charge >= 0.3 is 0 Å². The number of benzene rings is 2. The lowest BCUT2D eigenvalue weighted by Crippen LogP contribution is -2.18. The highest BCUT2D eigenvalue weighted by molar-refractivity contribution is 7.21. The summed E-state index contributed by atoms with van der Waals surface area (Å²) in [6.07, 6.45) is 0. The van der Waals surface area contributed by atoms with Crippen molar-refractivity contribution in [3.05, 3.63) is 69.1 Å². The number of aryl methyl sites for hydroxylation is 2. The third kappa shape index (κ3) is 3.35. The maximum absolute atomic E-state index is 12.4. The molecule has 0 radical (unpaired) electrons. The molecule has 0 unspecified atom stereocenters. The number of carbonyl (C=O) groups is 1. The molecule has 0 saturated heterocycles. The Hall–Kier alpha value is -2.17. The van der Waals surface area contributed by atoms with Crippen molar-refractivity contribution in [2.45, 2.75) is 20.8 Å². The quantitative estimate of drug-likeness (QED) is 0.500. The molecular formula is C19H17ClN2OS. The van der Waals surface area contributed by atoms with Crippen LogP contribution in [0.4, 0.5) is 0 Å². The third-order valence-corrected chi connectivity index (χ3v) is 5.41. The first-order valence-electron chi connectivity index (χ1n) is 7.56. The van der Waals surface area contributed by atoms with E-state index >= 15 is 0 Å². The molecule has 1 aromatic heterocycles. The molecule has 0 aliphatic heterocycles. The lowest BCUT2D eigenvalue weighted by Gasteiger charge is -2.03. The van der Waals surface area contributed by atoms with Gasteiger partial charge in [0.25, 0.3) is 5.91 Å². The third-order valence-electron chi connectivity index (χ3n) is 3.75. The smallest absolute Gasteiger partial charge is 0.266 e. The molecule has 0 fully saturated rings. The number of thiophene rings is 1. The van der Waals surface area contributed by atoms with Crippen LogP contribution in [0.15, 0.2) is 47.6 Å². The van der Waals surface area contributed by atoms with E-state index in [2.05, 4.69) is 10.5 Å². The highest BCUT2D eigenvalue weighted by Gasteiger charge is 2.17. The number of rotatable bonds is 3. The summed E-state index contributed by atoms with van der Waals surface area (Å²) in [5.74, 6) is -0.286. The van der Waals surface area contributed by atoms with Gasteiger partial charge in [0.2, 0.25) is 0 Å². The molecule has 0 saturated carbocycles. The molecule has 1 heterocycles. The van der Waals surface area contributed by atoms with Crippen molar-refractivity contribution < 1.29 is 4.79 Å². The van der Waals surface area contributed by atoms with E-state index in [1.807, 2.05) is 63.2 Å². The second-order valence-electron chi connectivity index (χ2n) is 5.75. The average molecular weight is 357 g/mol. The topological polar surface area (TPSA) is 41.5 Å². The SMILES string of the molecule is CC(=NNC(=O)c1sc2cc(C)ccc2c1Cl)c1cccc(C)c1. The highest BCUT2D eigenvalue weighted by atomic mass is 35.5. The van der Waals surface area contributed by atoms with E-state index in [1.54, 1.807) is 0 Å². The summed E-state index contributed by atoms with van der Waals surface area (Å²) in [6, 6.07) is 14.0. The van der Waals surface area contributed by atoms with E-state index in [1.165, 1.54) is 11.3 Å². The summed E-state index contributed by atoms with van der Waals surface area (Å²) in [5.41, 5.74) is 6.63. The molecule has 24 heavy (non-hydrogen) atoms. The van der Waals surface area contributed by atoms with Gasteiger partial charge < -0.3 is 0 Å². The molecule has 1 amide bonds. The number of halogens is 1. The number of amides is 1. The van der Waals surface area contributed by atoms with Crippen molar-refractivity contribution >= 4 is 44.6 Å². The van der Waals surface area contributed by atoms with Gasteiger partial charge in [0, 0.05) is 10.1 Å². The number of nitrogens with zero attached hydrogens (tertiary/aromatic N) is 1. The fraction of sp³-hybridized carbons (Fsp3) is 0.158. The maximum atomic E-state index is 12.4. The van der Waals surface area contributed by atoms with Crippen LogP contribution < -0.4 is 5.43 Å². The van der Waals surface area contributed by atoms with E-state index in [9.17, 15) is 4.79 Å². The molecule has 3 rings (SSSR count). The molecule has 3 aromatic rings. The minimum absolute atomic E-state index is 0.286. The van der Waals surface area contributed by atoms with Crippen LogP contribution in [-0.2, 0) is 0 Å². The Bertz CT molecular complexity index is 959. The minimum atomic E-state index is -0.286. The highest BCUT2D eigenvalue weighted by Crippen LogP contribution is 2.35. The van der Waals surface area contributed by atoms with Gasteiger partial charge in [-0.3, -0.25) is 4.79 Å². The van der Waals surface area contributed by atoms with Crippen LogP contribution in [0.3, 0.4) is 0 Å².